The van der Waals surface area contributed by atoms with E-state index in [2.05, 4.69) is 9.98 Å². The number of hydrogen-bond donors (Lipinski definition) is 1. The lowest BCUT2D eigenvalue weighted by atomic mass is 10.1. The van der Waals surface area contributed by atoms with Crippen LogP contribution in [0.1, 0.15) is 21.1 Å². The first-order valence-electron chi connectivity index (χ1n) is 8.54. The van der Waals surface area contributed by atoms with Crippen LogP contribution in [0.25, 0.3) is 5.76 Å². The number of rotatable bonds is 4. The SMILES string of the molecule is COc1cc2c(cc1OC)C1=NCCN1C(/C=C(/O)c1sc(C)nc1C)=N2. The normalized spacial score (nSPS) is 15.9. The van der Waals surface area contributed by atoms with Crippen LogP contribution in [0.4, 0.5) is 5.69 Å². The summed E-state index contributed by atoms with van der Waals surface area (Å²) >= 11 is 1.46. The number of fused-ring (bicyclic) bond motifs is 3. The molecule has 2 aliphatic heterocycles. The largest absolute Gasteiger partial charge is 0.506 e. The molecular formula is C19H20N4O3S. The number of hydrogen-bond acceptors (Lipinski definition) is 8. The van der Waals surface area contributed by atoms with Gasteiger partial charge in [0.25, 0.3) is 0 Å². The van der Waals surface area contributed by atoms with E-state index >= 15 is 0 Å². The minimum atomic E-state index is 0.159. The van der Waals surface area contributed by atoms with Crippen molar-refractivity contribution >= 4 is 34.5 Å². The van der Waals surface area contributed by atoms with Gasteiger partial charge in [-0.15, -0.1) is 11.3 Å². The van der Waals surface area contributed by atoms with Gasteiger partial charge in [-0.2, -0.15) is 0 Å². The van der Waals surface area contributed by atoms with E-state index in [1.54, 1.807) is 20.3 Å². The fourth-order valence-electron chi connectivity index (χ4n) is 3.29. The lowest BCUT2D eigenvalue weighted by Gasteiger charge is -2.26. The van der Waals surface area contributed by atoms with E-state index in [0.717, 1.165) is 32.7 Å². The molecule has 8 heteroatoms. The molecule has 0 saturated heterocycles. The molecule has 1 aromatic carbocycles. The quantitative estimate of drug-likeness (QED) is 0.817. The molecule has 0 aliphatic carbocycles. The molecule has 3 heterocycles. The fourth-order valence-corrected chi connectivity index (χ4v) is 4.13. The molecule has 0 radical (unpaired) electrons. The van der Waals surface area contributed by atoms with Gasteiger partial charge in [0.05, 0.1) is 42.0 Å². The third kappa shape index (κ3) is 2.95. The molecule has 140 valence electrons. The maximum atomic E-state index is 10.7. The Morgan fingerprint density at radius 2 is 1.96 bits per heavy atom. The van der Waals surface area contributed by atoms with Gasteiger partial charge in [0.2, 0.25) is 0 Å². The average molecular weight is 384 g/mol. The van der Waals surface area contributed by atoms with Crippen molar-refractivity contribution in [2.24, 2.45) is 9.98 Å². The van der Waals surface area contributed by atoms with Gasteiger partial charge in [-0.1, -0.05) is 0 Å². The van der Waals surface area contributed by atoms with E-state index in [9.17, 15) is 5.11 Å². The van der Waals surface area contributed by atoms with Crippen molar-refractivity contribution in [3.05, 3.63) is 39.4 Å². The van der Waals surface area contributed by atoms with Crippen LogP contribution in [0, 0.1) is 13.8 Å². The van der Waals surface area contributed by atoms with Crippen LogP contribution in [0.5, 0.6) is 11.5 Å². The Balaban J connectivity index is 1.83. The summed E-state index contributed by atoms with van der Waals surface area (Å²) < 4.78 is 10.8. The van der Waals surface area contributed by atoms with E-state index in [4.69, 9.17) is 14.5 Å². The van der Waals surface area contributed by atoms with Crippen LogP contribution in [0.15, 0.2) is 28.2 Å². The highest BCUT2D eigenvalue weighted by Gasteiger charge is 2.30. The third-order valence-corrected chi connectivity index (χ3v) is 5.59. The lowest BCUT2D eigenvalue weighted by molar-refractivity contribution is 0.355. The first kappa shape index (κ1) is 17.5. The molecule has 0 saturated carbocycles. The van der Waals surface area contributed by atoms with Crippen molar-refractivity contribution in [3.8, 4) is 11.5 Å². The summed E-state index contributed by atoms with van der Waals surface area (Å²) in [5.74, 6) is 2.88. The number of methoxy groups -OCH3 is 2. The molecule has 7 nitrogen and oxygen atoms in total. The Hall–Kier alpha value is -2.87. The maximum Gasteiger partial charge on any atom is 0.162 e. The highest BCUT2D eigenvalue weighted by Crippen LogP contribution is 2.39. The minimum absolute atomic E-state index is 0.159. The molecule has 0 bridgehead atoms. The molecule has 2 aromatic rings. The van der Waals surface area contributed by atoms with E-state index < -0.39 is 0 Å². The van der Waals surface area contributed by atoms with Crippen molar-refractivity contribution in [3.63, 3.8) is 0 Å². The Labute approximate surface area is 161 Å². The van der Waals surface area contributed by atoms with Crippen LogP contribution in [0.2, 0.25) is 0 Å². The highest BCUT2D eigenvalue weighted by atomic mass is 32.1. The summed E-state index contributed by atoms with van der Waals surface area (Å²) in [4.78, 5) is 16.5. The number of aryl methyl sites for hydroxylation is 2. The number of benzene rings is 1. The smallest absolute Gasteiger partial charge is 0.162 e. The first-order chi connectivity index (χ1) is 13.0. The number of nitrogens with zero attached hydrogens (tertiary/aromatic N) is 4. The monoisotopic (exact) mass is 384 g/mol. The summed E-state index contributed by atoms with van der Waals surface area (Å²) in [6, 6.07) is 3.73. The van der Waals surface area contributed by atoms with Crippen molar-refractivity contribution in [2.75, 3.05) is 27.3 Å². The topological polar surface area (TPSA) is 79.5 Å². The zero-order chi connectivity index (χ0) is 19.1. The Morgan fingerprint density at radius 3 is 2.63 bits per heavy atom. The zero-order valence-corrected chi connectivity index (χ0v) is 16.4. The van der Waals surface area contributed by atoms with Gasteiger partial charge < -0.3 is 19.5 Å². The summed E-state index contributed by atoms with van der Waals surface area (Å²) in [7, 11) is 3.20. The molecule has 27 heavy (non-hydrogen) atoms. The number of ether oxygens (including phenoxy) is 2. The van der Waals surface area contributed by atoms with Crippen LogP contribution >= 0.6 is 11.3 Å². The predicted molar refractivity (Wildman–Crippen MR) is 107 cm³/mol. The Kier molecular flexibility index (Phi) is 4.35. The summed E-state index contributed by atoms with van der Waals surface area (Å²) in [6.07, 6.45) is 1.68. The summed E-state index contributed by atoms with van der Waals surface area (Å²) in [6.45, 7) is 5.20. The Bertz CT molecular complexity index is 1010. The second-order valence-corrected chi connectivity index (χ2v) is 7.43. The van der Waals surface area contributed by atoms with E-state index in [0.29, 0.717) is 30.4 Å². The molecule has 0 amide bonds. The van der Waals surface area contributed by atoms with Crippen molar-refractivity contribution in [2.45, 2.75) is 13.8 Å². The lowest BCUT2D eigenvalue weighted by Crippen LogP contribution is -2.36. The third-order valence-electron chi connectivity index (χ3n) is 4.50. The average Bonchev–Trinajstić information content (AvgIpc) is 3.27. The molecule has 0 fully saturated rings. The van der Waals surface area contributed by atoms with Crippen LogP contribution in [0.3, 0.4) is 0 Å². The fraction of sp³-hybridized carbons (Fsp3) is 0.316. The van der Waals surface area contributed by atoms with Gasteiger partial charge in [0.1, 0.15) is 17.4 Å². The van der Waals surface area contributed by atoms with Crippen LogP contribution < -0.4 is 9.47 Å². The Morgan fingerprint density at radius 1 is 1.22 bits per heavy atom. The minimum Gasteiger partial charge on any atom is -0.506 e. The second-order valence-electron chi connectivity index (χ2n) is 6.23. The number of amidine groups is 2. The van der Waals surface area contributed by atoms with E-state index in [-0.39, 0.29) is 5.76 Å². The first-order valence-corrected chi connectivity index (χ1v) is 9.35. The summed E-state index contributed by atoms with van der Waals surface area (Å²) in [5.41, 5.74) is 2.44. The number of aliphatic hydroxyl groups excluding tert-OH is 1. The number of thiazole rings is 1. The number of aliphatic imine (C=N–C) groups is 2. The van der Waals surface area contributed by atoms with Crippen LogP contribution in [-0.4, -0.2) is 54.0 Å². The molecule has 0 unspecified atom stereocenters. The van der Waals surface area contributed by atoms with E-state index in [1.165, 1.54) is 11.3 Å². The highest BCUT2D eigenvalue weighted by molar-refractivity contribution is 7.12. The number of aliphatic hydroxyl groups is 1. The zero-order valence-electron chi connectivity index (χ0n) is 15.6. The van der Waals surface area contributed by atoms with Gasteiger partial charge in [-0.3, -0.25) is 4.99 Å². The number of aromatic nitrogens is 1. The second kappa shape index (κ2) is 6.70. The molecule has 0 atom stereocenters. The molecule has 4 rings (SSSR count). The predicted octanol–water partition coefficient (Wildman–Crippen LogP) is 3.48. The van der Waals surface area contributed by atoms with Gasteiger partial charge in [0.15, 0.2) is 11.5 Å². The van der Waals surface area contributed by atoms with Crippen molar-refractivity contribution in [1.82, 2.24) is 9.88 Å². The molecular weight excluding hydrogens is 364 g/mol. The van der Waals surface area contributed by atoms with Crippen molar-refractivity contribution < 1.29 is 14.6 Å². The molecule has 1 N–H and O–H groups in total. The standard InChI is InChI=1S/C19H20N4O3S/c1-10-18(27-11(2)21-10)14(24)9-17-22-13-8-16(26-4)15(25-3)7-12(13)19-20-5-6-23(17)19/h7-9,24H,5-6H2,1-4H3/b14-9+. The van der Waals surface area contributed by atoms with Gasteiger partial charge in [0, 0.05) is 24.3 Å². The summed E-state index contributed by atoms with van der Waals surface area (Å²) in [5, 5.41) is 11.6. The van der Waals surface area contributed by atoms with E-state index in [1.807, 2.05) is 30.9 Å². The molecule has 2 aliphatic rings. The van der Waals surface area contributed by atoms with Crippen molar-refractivity contribution in [1.29, 1.82) is 0 Å². The van der Waals surface area contributed by atoms with Gasteiger partial charge in [-0.05, 0) is 19.9 Å². The van der Waals surface area contributed by atoms with Crippen LogP contribution in [-0.2, 0) is 0 Å². The maximum absolute atomic E-state index is 10.7. The molecule has 1 aromatic heterocycles. The molecule has 0 spiro atoms. The van der Waals surface area contributed by atoms with Gasteiger partial charge >= 0.3 is 0 Å². The van der Waals surface area contributed by atoms with Gasteiger partial charge in [-0.25, -0.2) is 9.98 Å².